The van der Waals surface area contributed by atoms with Crippen LogP contribution in [0.4, 0.5) is 10.1 Å². The van der Waals surface area contributed by atoms with E-state index in [9.17, 15) is 14.0 Å². The largest absolute Gasteiger partial charge is 0.449 e. The van der Waals surface area contributed by atoms with E-state index in [1.54, 1.807) is 6.07 Å². The number of pyridine rings is 1. The molecule has 0 radical (unpaired) electrons. The highest BCUT2D eigenvalue weighted by atomic mass is 79.9. The Morgan fingerprint density at radius 3 is 2.59 bits per heavy atom. The van der Waals surface area contributed by atoms with Crippen LogP contribution in [0.25, 0.3) is 0 Å². The summed E-state index contributed by atoms with van der Waals surface area (Å²) in [4.78, 5) is 27.5. The quantitative estimate of drug-likeness (QED) is 0.843. The number of esters is 1. The van der Waals surface area contributed by atoms with Gasteiger partial charge in [-0.3, -0.25) is 9.78 Å². The van der Waals surface area contributed by atoms with Crippen molar-refractivity contribution in [3.05, 3.63) is 58.6 Å². The second-order valence-corrected chi connectivity index (χ2v) is 5.31. The molecule has 114 valence electrons. The second kappa shape index (κ2) is 7.13. The summed E-state index contributed by atoms with van der Waals surface area (Å²) in [7, 11) is 0. The SMILES string of the molecule is CC(OC(=O)c1ccncc1)C(=O)Nc1ccc(Br)cc1F. The third kappa shape index (κ3) is 4.11. The number of amides is 1. The van der Waals surface area contributed by atoms with Crippen LogP contribution in [0.5, 0.6) is 0 Å². The van der Waals surface area contributed by atoms with E-state index in [1.807, 2.05) is 0 Å². The van der Waals surface area contributed by atoms with Gasteiger partial charge >= 0.3 is 5.97 Å². The van der Waals surface area contributed by atoms with E-state index in [0.717, 1.165) is 0 Å². The monoisotopic (exact) mass is 366 g/mol. The van der Waals surface area contributed by atoms with Gasteiger partial charge in [0.15, 0.2) is 6.10 Å². The van der Waals surface area contributed by atoms with E-state index < -0.39 is 23.8 Å². The van der Waals surface area contributed by atoms with Gasteiger partial charge in [0.05, 0.1) is 11.3 Å². The maximum atomic E-state index is 13.6. The first-order chi connectivity index (χ1) is 10.5. The number of halogens is 2. The standard InChI is InChI=1S/C15H12BrFN2O3/c1-9(22-15(21)10-4-6-18-7-5-10)14(20)19-13-3-2-11(16)8-12(13)17/h2-9H,1H3,(H,19,20). The molecule has 0 spiro atoms. The van der Waals surface area contributed by atoms with Crippen LogP contribution < -0.4 is 5.32 Å². The molecule has 0 bridgehead atoms. The molecule has 1 atom stereocenters. The summed E-state index contributed by atoms with van der Waals surface area (Å²) >= 11 is 3.12. The smallest absolute Gasteiger partial charge is 0.339 e. The Labute approximate surface area is 134 Å². The predicted octanol–water partition coefficient (Wildman–Crippen LogP) is 3.17. The van der Waals surface area contributed by atoms with Crippen LogP contribution in [0.15, 0.2) is 47.2 Å². The Morgan fingerprint density at radius 2 is 1.95 bits per heavy atom. The lowest BCUT2D eigenvalue weighted by Gasteiger charge is -2.14. The molecule has 22 heavy (non-hydrogen) atoms. The molecular weight excluding hydrogens is 355 g/mol. The molecule has 7 heteroatoms. The number of carbonyl (C=O) groups excluding carboxylic acids is 2. The minimum atomic E-state index is -1.07. The lowest BCUT2D eigenvalue weighted by molar-refractivity contribution is -0.123. The van der Waals surface area contributed by atoms with E-state index in [1.165, 1.54) is 43.6 Å². The van der Waals surface area contributed by atoms with Crippen LogP contribution in [-0.2, 0) is 9.53 Å². The van der Waals surface area contributed by atoms with Crippen molar-refractivity contribution >= 4 is 33.5 Å². The topological polar surface area (TPSA) is 68.3 Å². The van der Waals surface area contributed by atoms with Gasteiger partial charge in [0, 0.05) is 16.9 Å². The number of hydrogen-bond donors (Lipinski definition) is 1. The van der Waals surface area contributed by atoms with Gasteiger partial charge in [-0.05, 0) is 37.3 Å². The number of nitrogens with one attached hydrogen (secondary N) is 1. The van der Waals surface area contributed by atoms with Crippen LogP contribution in [0.3, 0.4) is 0 Å². The van der Waals surface area contributed by atoms with E-state index in [-0.39, 0.29) is 11.3 Å². The van der Waals surface area contributed by atoms with Gasteiger partial charge in [-0.2, -0.15) is 0 Å². The molecule has 5 nitrogen and oxygen atoms in total. The summed E-state index contributed by atoms with van der Waals surface area (Å²) in [5.74, 6) is -1.86. The lowest BCUT2D eigenvalue weighted by atomic mass is 10.2. The van der Waals surface area contributed by atoms with Gasteiger partial charge in [0.2, 0.25) is 0 Å². The number of rotatable bonds is 4. The van der Waals surface area contributed by atoms with E-state index >= 15 is 0 Å². The number of ether oxygens (including phenoxy) is 1. The molecule has 0 aliphatic heterocycles. The molecule has 2 aromatic rings. The fourth-order valence-corrected chi connectivity index (χ4v) is 1.93. The molecule has 0 aliphatic carbocycles. The van der Waals surface area contributed by atoms with Crippen molar-refractivity contribution in [1.82, 2.24) is 4.98 Å². The highest BCUT2D eigenvalue weighted by Gasteiger charge is 2.20. The molecular formula is C15H12BrFN2O3. The van der Waals surface area contributed by atoms with E-state index in [2.05, 4.69) is 26.2 Å². The molecule has 0 aliphatic rings. The first-order valence-corrected chi connectivity index (χ1v) is 7.13. The fourth-order valence-electron chi connectivity index (χ4n) is 1.60. The Kier molecular flexibility index (Phi) is 5.21. The number of hydrogen-bond acceptors (Lipinski definition) is 4. The fraction of sp³-hybridized carbons (Fsp3) is 0.133. The number of aromatic nitrogens is 1. The number of anilines is 1. The van der Waals surface area contributed by atoms with Gasteiger partial charge in [-0.1, -0.05) is 15.9 Å². The van der Waals surface area contributed by atoms with Crippen LogP contribution in [-0.4, -0.2) is 23.0 Å². The van der Waals surface area contributed by atoms with Crippen LogP contribution in [0.2, 0.25) is 0 Å². The summed E-state index contributed by atoms with van der Waals surface area (Å²) in [5, 5.41) is 2.37. The first kappa shape index (κ1) is 16.1. The molecule has 0 saturated carbocycles. The molecule has 1 unspecified atom stereocenters. The van der Waals surface area contributed by atoms with Crippen molar-refractivity contribution in [2.45, 2.75) is 13.0 Å². The third-order valence-electron chi connectivity index (χ3n) is 2.76. The van der Waals surface area contributed by atoms with Gasteiger partial charge in [-0.25, -0.2) is 9.18 Å². The Hall–Kier alpha value is -2.28. The summed E-state index contributed by atoms with van der Waals surface area (Å²) in [6.07, 6.45) is 1.82. The molecule has 0 fully saturated rings. The van der Waals surface area contributed by atoms with Gasteiger partial charge in [-0.15, -0.1) is 0 Å². The maximum absolute atomic E-state index is 13.6. The van der Waals surface area contributed by atoms with Crippen molar-refractivity contribution in [2.75, 3.05) is 5.32 Å². The highest BCUT2D eigenvalue weighted by Crippen LogP contribution is 2.19. The average molecular weight is 367 g/mol. The van der Waals surface area contributed by atoms with Crippen molar-refractivity contribution < 1.29 is 18.7 Å². The maximum Gasteiger partial charge on any atom is 0.339 e. The molecule has 1 aromatic carbocycles. The van der Waals surface area contributed by atoms with E-state index in [0.29, 0.717) is 4.47 Å². The van der Waals surface area contributed by atoms with Crippen LogP contribution in [0, 0.1) is 5.82 Å². The minimum absolute atomic E-state index is 0.0139. The summed E-state index contributed by atoms with van der Waals surface area (Å²) in [6.45, 7) is 1.41. The summed E-state index contributed by atoms with van der Waals surface area (Å²) in [6, 6.07) is 7.17. The molecule has 1 amide bonds. The molecule has 1 heterocycles. The van der Waals surface area contributed by atoms with E-state index in [4.69, 9.17) is 4.74 Å². The van der Waals surface area contributed by atoms with Gasteiger partial charge < -0.3 is 10.1 Å². The van der Waals surface area contributed by atoms with Crippen LogP contribution >= 0.6 is 15.9 Å². The average Bonchev–Trinajstić information content (AvgIpc) is 2.50. The molecule has 1 aromatic heterocycles. The summed E-state index contributed by atoms with van der Waals surface area (Å²) in [5.41, 5.74) is 0.296. The zero-order valence-electron chi connectivity index (χ0n) is 11.5. The number of carbonyl (C=O) groups is 2. The zero-order valence-corrected chi connectivity index (χ0v) is 13.1. The molecule has 0 saturated heterocycles. The highest BCUT2D eigenvalue weighted by molar-refractivity contribution is 9.10. The van der Waals surface area contributed by atoms with Crippen molar-refractivity contribution in [2.24, 2.45) is 0 Å². The third-order valence-corrected chi connectivity index (χ3v) is 3.25. The lowest BCUT2D eigenvalue weighted by Crippen LogP contribution is -2.30. The second-order valence-electron chi connectivity index (χ2n) is 4.40. The first-order valence-electron chi connectivity index (χ1n) is 6.34. The van der Waals surface area contributed by atoms with Crippen molar-refractivity contribution in [1.29, 1.82) is 0 Å². The minimum Gasteiger partial charge on any atom is -0.449 e. The summed E-state index contributed by atoms with van der Waals surface area (Å²) < 4.78 is 19.2. The number of nitrogens with zero attached hydrogens (tertiary/aromatic N) is 1. The zero-order chi connectivity index (χ0) is 16.1. The normalized spacial score (nSPS) is 11.6. The van der Waals surface area contributed by atoms with Crippen molar-refractivity contribution in [3.63, 3.8) is 0 Å². The predicted molar refractivity (Wildman–Crippen MR) is 81.8 cm³/mol. The Bertz CT molecular complexity index is 694. The number of benzene rings is 1. The Morgan fingerprint density at radius 1 is 1.27 bits per heavy atom. The molecule has 2 rings (SSSR count). The van der Waals surface area contributed by atoms with Crippen molar-refractivity contribution in [3.8, 4) is 0 Å². The Balaban J connectivity index is 1.99. The van der Waals surface area contributed by atoms with Gasteiger partial charge in [0.1, 0.15) is 5.82 Å². The molecule has 1 N–H and O–H groups in total. The van der Waals surface area contributed by atoms with Crippen LogP contribution in [0.1, 0.15) is 17.3 Å². The van der Waals surface area contributed by atoms with Gasteiger partial charge in [0.25, 0.3) is 5.91 Å².